The Hall–Kier alpha value is -1.10. The number of halogens is 1. The van der Waals surface area contributed by atoms with Gasteiger partial charge in [-0.15, -0.1) is 24.0 Å². The lowest BCUT2D eigenvalue weighted by Crippen LogP contribution is -2.39. The summed E-state index contributed by atoms with van der Waals surface area (Å²) in [5, 5.41) is 6.61. The molecule has 0 atom stereocenters. The Labute approximate surface area is 205 Å². The molecule has 1 heterocycles. The minimum Gasteiger partial charge on any atom is -0.492 e. The van der Waals surface area contributed by atoms with Crippen molar-refractivity contribution in [3.63, 3.8) is 0 Å². The highest BCUT2D eigenvalue weighted by atomic mass is 127. The summed E-state index contributed by atoms with van der Waals surface area (Å²) in [6.07, 6.45) is 1.10. The highest BCUT2D eigenvalue weighted by Gasteiger charge is 2.09. The zero-order valence-corrected chi connectivity index (χ0v) is 21.7. The van der Waals surface area contributed by atoms with Crippen LogP contribution in [0.2, 0.25) is 0 Å². The first-order valence-electron chi connectivity index (χ1n) is 11.3. The van der Waals surface area contributed by atoms with Gasteiger partial charge in [-0.05, 0) is 37.0 Å². The van der Waals surface area contributed by atoms with Crippen LogP contribution in [0.4, 0.5) is 0 Å². The van der Waals surface area contributed by atoms with Crippen LogP contribution < -0.4 is 15.4 Å². The lowest BCUT2D eigenvalue weighted by atomic mass is 10.1. The summed E-state index contributed by atoms with van der Waals surface area (Å²) in [4.78, 5) is 7.06. The van der Waals surface area contributed by atoms with Gasteiger partial charge < -0.3 is 24.8 Å². The molecular weight excluding hydrogens is 507 g/mol. The van der Waals surface area contributed by atoms with Gasteiger partial charge in [-0.25, -0.2) is 4.99 Å². The molecule has 0 spiro atoms. The first kappa shape index (κ1) is 27.9. The lowest BCUT2D eigenvalue weighted by molar-refractivity contribution is 0.0322. The number of hydrogen-bond acceptors (Lipinski definition) is 5. The number of aliphatic imine (C=N–C) groups is 1. The predicted molar refractivity (Wildman–Crippen MR) is 138 cm³/mol. The molecule has 0 aliphatic carbocycles. The molecule has 2 N–H and O–H groups in total. The van der Waals surface area contributed by atoms with E-state index < -0.39 is 0 Å². The number of morpholine rings is 1. The van der Waals surface area contributed by atoms with Gasteiger partial charge in [0.2, 0.25) is 0 Å². The molecular formula is C23H41IN4O3. The van der Waals surface area contributed by atoms with E-state index in [0.29, 0.717) is 25.7 Å². The molecule has 0 radical (unpaired) electrons. The van der Waals surface area contributed by atoms with E-state index in [-0.39, 0.29) is 24.0 Å². The lowest BCUT2D eigenvalue weighted by Gasteiger charge is -2.26. The standard InChI is InChI=1S/C23H40N4O3.HI/c1-4-24-23(25-9-14-28-13-8-20(2)3)26-19-21-6-5-7-22(18-21)30-17-12-27-10-15-29-16-11-27;/h5-7,18,20H,4,8-17,19H2,1-3H3,(H2,24,25,26);1H. The van der Waals surface area contributed by atoms with E-state index in [9.17, 15) is 0 Å². The predicted octanol–water partition coefficient (Wildman–Crippen LogP) is 3.13. The SMILES string of the molecule is CCNC(=NCc1cccc(OCCN2CCOCC2)c1)NCCOCCC(C)C.I. The van der Waals surface area contributed by atoms with Crippen molar-refractivity contribution in [1.82, 2.24) is 15.5 Å². The van der Waals surface area contributed by atoms with E-state index in [0.717, 1.165) is 76.2 Å². The Morgan fingerprint density at radius 2 is 1.97 bits per heavy atom. The van der Waals surface area contributed by atoms with Crippen molar-refractivity contribution in [2.75, 3.05) is 65.8 Å². The minimum absolute atomic E-state index is 0. The summed E-state index contributed by atoms with van der Waals surface area (Å²) in [7, 11) is 0. The van der Waals surface area contributed by atoms with E-state index in [4.69, 9.17) is 14.2 Å². The number of nitrogens with zero attached hydrogens (tertiary/aromatic N) is 2. The van der Waals surface area contributed by atoms with Crippen LogP contribution in [0, 0.1) is 5.92 Å². The zero-order valence-electron chi connectivity index (χ0n) is 19.4. The van der Waals surface area contributed by atoms with Crippen LogP contribution in [-0.2, 0) is 16.0 Å². The van der Waals surface area contributed by atoms with Gasteiger partial charge in [-0.2, -0.15) is 0 Å². The molecule has 1 fully saturated rings. The Kier molecular flexibility index (Phi) is 15.7. The second-order valence-corrected chi connectivity index (χ2v) is 7.87. The Morgan fingerprint density at radius 3 is 2.71 bits per heavy atom. The van der Waals surface area contributed by atoms with E-state index in [1.54, 1.807) is 0 Å². The van der Waals surface area contributed by atoms with Crippen LogP contribution in [0.1, 0.15) is 32.8 Å². The van der Waals surface area contributed by atoms with Gasteiger partial charge in [0.1, 0.15) is 12.4 Å². The normalized spacial score (nSPS) is 14.9. The first-order chi connectivity index (χ1) is 14.7. The van der Waals surface area contributed by atoms with Gasteiger partial charge in [0.05, 0.1) is 26.4 Å². The van der Waals surface area contributed by atoms with E-state index in [1.807, 2.05) is 12.1 Å². The fourth-order valence-electron chi connectivity index (χ4n) is 3.03. The largest absolute Gasteiger partial charge is 0.492 e. The van der Waals surface area contributed by atoms with Crippen LogP contribution in [0.25, 0.3) is 0 Å². The van der Waals surface area contributed by atoms with Gasteiger partial charge in [0.15, 0.2) is 5.96 Å². The molecule has 178 valence electrons. The van der Waals surface area contributed by atoms with Crippen molar-refractivity contribution in [3.05, 3.63) is 29.8 Å². The summed E-state index contributed by atoms with van der Waals surface area (Å²) in [6, 6.07) is 8.18. The van der Waals surface area contributed by atoms with Gasteiger partial charge >= 0.3 is 0 Å². The molecule has 0 aromatic heterocycles. The van der Waals surface area contributed by atoms with Gasteiger partial charge in [0, 0.05) is 39.3 Å². The Bertz CT molecular complexity index is 610. The molecule has 1 saturated heterocycles. The van der Waals surface area contributed by atoms with Gasteiger partial charge in [-0.3, -0.25) is 4.90 Å². The third-order valence-electron chi connectivity index (χ3n) is 4.82. The first-order valence-corrected chi connectivity index (χ1v) is 11.3. The van der Waals surface area contributed by atoms with Crippen molar-refractivity contribution in [3.8, 4) is 5.75 Å². The van der Waals surface area contributed by atoms with E-state index >= 15 is 0 Å². The summed E-state index contributed by atoms with van der Waals surface area (Å²) >= 11 is 0. The molecule has 0 amide bonds. The molecule has 0 bridgehead atoms. The van der Waals surface area contributed by atoms with Crippen LogP contribution in [-0.4, -0.2) is 76.6 Å². The van der Waals surface area contributed by atoms with Crippen LogP contribution in [0.3, 0.4) is 0 Å². The van der Waals surface area contributed by atoms with E-state index in [2.05, 4.69) is 53.4 Å². The molecule has 0 unspecified atom stereocenters. The average Bonchev–Trinajstić information content (AvgIpc) is 2.75. The molecule has 1 aromatic carbocycles. The van der Waals surface area contributed by atoms with Crippen molar-refractivity contribution in [2.45, 2.75) is 33.7 Å². The zero-order chi connectivity index (χ0) is 21.4. The van der Waals surface area contributed by atoms with Crippen molar-refractivity contribution < 1.29 is 14.2 Å². The molecule has 1 aliphatic rings. The summed E-state index contributed by atoms with van der Waals surface area (Å²) in [6.45, 7) is 15.4. The molecule has 31 heavy (non-hydrogen) atoms. The number of rotatable bonds is 13. The monoisotopic (exact) mass is 548 g/mol. The second kappa shape index (κ2) is 17.5. The topological polar surface area (TPSA) is 67.4 Å². The number of hydrogen-bond donors (Lipinski definition) is 2. The maximum Gasteiger partial charge on any atom is 0.191 e. The molecule has 8 heteroatoms. The third kappa shape index (κ3) is 13.1. The maximum absolute atomic E-state index is 5.94. The highest BCUT2D eigenvalue weighted by molar-refractivity contribution is 14.0. The third-order valence-corrected chi connectivity index (χ3v) is 4.82. The minimum atomic E-state index is 0. The average molecular weight is 549 g/mol. The fourth-order valence-corrected chi connectivity index (χ4v) is 3.03. The molecule has 0 saturated carbocycles. The summed E-state index contributed by atoms with van der Waals surface area (Å²) in [5.74, 6) is 2.38. The van der Waals surface area contributed by atoms with Crippen LogP contribution in [0.5, 0.6) is 5.75 Å². The summed E-state index contributed by atoms with van der Waals surface area (Å²) in [5.41, 5.74) is 1.13. The van der Waals surface area contributed by atoms with Crippen LogP contribution >= 0.6 is 24.0 Å². The van der Waals surface area contributed by atoms with Gasteiger partial charge in [-0.1, -0.05) is 26.0 Å². The fraction of sp³-hybridized carbons (Fsp3) is 0.696. The number of ether oxygens (including phenoxy) is 3. The van der Waals surface area contributed by atoms with Crippen LogP contribution in [0.15, 0.2) is 29.3 Å². The highest BCUT2D eigenvalue weighted by Crippen LogP contribution is 2.14. The molecule has 2 rings (SSSR count). The Balaban J connectivity index is 0.00000480. The molecule has 1 aliphatic heterocycles. The van der Waals surface area contributed by atoms with Crippen molar-refractivity contribution >= 4 is 29.9 Å². The van der Waals surface area contributed by atoms with Gasteiger partial charge in [0.25, 0.3) is 0 Å². The van der Waals surface area contributed by atoms with Crippen molar-refractivity contribution in [1.29, 1.82) is 0 Å². The number of nitrogens with one attached hydrogen (secondary N) is 2. The maximum atomic E-state index is 5.94. The van der Waals surface area contributed by atoms with E-state index in [1.165, 1.54) is 0 Å². The second-order valence-electron chi connectivity index (χ2n) is 7.87. The smallest absolute Gasteiger partial charge is 0.191 e. The quantitative estimate of drug-likeness (QED) is 0.171. The number of benzene rings is 1. The number of guanidine groups is 1. The summed E-state index contributed by atoms with van der Waals surface area (Å²) < 4.78 is 17.0. The molecule has 1 aromatic rings. The Morgan fingerprint density at radius 1 is 1.16 bits per heavy atom. The van der Waals surface area contributed by atoms with Crippen molar-refractivity contribution in [2.24, 2.45) is 10.9 Å². The molecule has 7 nitrogen and oxygen atoms in total.